The minimum Gasteiger partial charge on any atom is -0.379 e. The Hall–Kier alpha value is -2.06. The Morgan fingerprint density at radius 2 is 1.97 bits per heavy atom. The predicted octanol–water partition coefficient (Wildman–Crippen LogP) is 1.73. The van der Waals surface area contributed by atoms with Crippen LogP contribution in [-0.2, 0) is 9.53 Å². The largest absolute Gasteiger partial charge is 0.379 e. The molecular formula is C21H35N5O3. The Morgan fingerprint density at radius 1 is 1.14 bits per heavy atom. The molecule has 1 N–H and O–H groups in total. The molecule has 0 aromatic carbocycles. The summed E-state index contributed by atoms with van der Waals surface area (Å²) in [6, 6.07) is 0. The average molecular weight is 406 g/mol. The number of nitrogens with one attached hydrogen (secondary N) is 1. The van der Waals surface area contributed by atoms with Crippen LogP contribution in [0.5, 0.6) is 0 Å². The SMILES string of the molecule is CCCCCCNC(=O)CCN(CCCN1CCOCC1)C(=O)c1cnccn1. The third-order valence-electron chi connectivity index (χ3n) is 5.04. The number of nitrogens with zero attached hydrogens (tertiary/aromatic N) is 4. The molecule has 162 valence electrons. The molecule has 0 radical (unpaired) electrons. The fourth-order valence-electron chi connectivity index (χ4n) is 3.30. The van der Waals surface area contributed by atoms with E-state index in [4.69, 9.17) is 4.74 Å². The van der Waals surface area contributed by atoms with Crippen molar-refractivity contribution in [2.75, 3.05) is 52.5 Å². The molecule has 1 aliphatic heterocycles. The first-order valence-corrected chi connectivity index (χ1v) is 10.8. The van der Waals surface area contributed by atoms with Crippen LogP contribution < -0.4 is 5.32 Å². The van der Waals surface area contributed by atoms with Crippen molar-refractivity contribution < 1.29 is 14.3 Å². The van der Waals surface area contributed by atoms with E-state index in [9.17, 15) is 9.59 Å². The maximum atomic E-state index is 12.8. The number of amides is 2. The molecule has 0 saturated carbocycles. The maximum absolute atomic E-state index is 12.8. The molecule has 1 aromatic rings. The van der Waals surface area contributed by atoms with Gasteiger partial charge in [0.25, 0.3) is 5.91 Å². The molecule has 0 unspecified atom stereocenters. The van der Waals surface area contributed by atoms with Gasteiger partial charge in [0.1, 0.15) is 5.69 Å². The molecular weight excluding hydrogens is 370 g/mol. The average Bonchev–Trinajstić information content (AvgIpc) is 2.77. The molecule has 1 aliphatic rings. The highest BCUT2D eigenvalue weighted by Gasteiger charge is 2.19. The number of unbranched alkanes of at least 4 members (excludes halogenated alkanes) is 3. The number of carbonyl (C=O) groups excluding carboxylic acids is 2. The van der Waals surface area contributed by atoms with Crippen LogP contribution in [0.2, 0.25) is 0 Å². The van der Waals surface area contributed by atoms with Crippen molar-refractivity contribution in [2.45, 2.75) is 45.4 Å². The van der Waals surface area contributed by atoms with Gasteiger partial charge in [0.2, 0.25) is 5.91 Å². The summed E-state index contributed by atoms with van der Waals surface area (Å²) in [6.45, 7) is 8.15. The zero-order chi connectivity index (χ0) is 20.7. The summed E-state index contributed by atoms with van der Waals surface area (Å²) in [4.78, 5) is 37.2. The van der Waals surface area contributed by atoms with E-state index in [0.29, 0.717) is 31.7 Å². The Morgan fingerprint density at radius 3 is 2.69 bits per heavy atom. The van der Waals surface area contributed by atoms with Crippen molar-refractivity contribution in [1.29, 1.82) is 0 Å². The van der Waals surface area contributed by atoms with Crippen LogP contribution in [0.25, 0.3) is 0 Å². The van der Waals surface area contributed by atoms with Gasteiger partial charge >= 0.3 is 0 Å². The normalized spacial score (nSPS) is 14.5. The zero-order valence-electron chi connectivity index (χ0n) is 17.6. The smallest absolute Gasteiger partial charge is 0.274 e. The van der Waals surface area contributed by atoms with E-state index in [2.05, 4.69) is 27.1 Å². The van der Waals surface area contributed by atoms with E-state index in [1.165, 1.54) is 25.2 Å². The van der Waals surface area contributed by atoms with E-state index in [0.717, 1.165) is 52.1 Å². The van der Waals surface area contributed by atoms with Gasteiger partial charge in [0.15, 0.2) is 0 Å². The molecule has 2 heterocycles. The molecule has 0 aliphatic carbocycles. The third kappa shape index (κ3) is 9.32. The van der Waals surface area contributed by atoms with E-state index in [1.807, 2.05) is 0 Å². The standard InChI is InChI=1S/C21H35N5O3/c1-2-3-4-5-8-24-20(27)7-13-26(21(28)19-18-22-9-10-23-19)12-6-11-25-14-16-29-17-15-25/h9-10,18H,2-8,11-17H2,1H3,(H,24,27). The van der Waals surface area contributed by atoms with E-state index < -0.39 is 0 Å². The second-order valence-electron chi connectivity index (χ2n) is 7.35. The highest BCUT2D eigenvalue weighted by molar-refractivity contribution is 5.92. The van der Waals surface area contributed by atoms with Crippen molar-refractivity contribution in [3.8, 4) is 0 Å². The molecule has 8 heteroatoms. The Bertz CT molecular complexity index is 593. The second kappa shape index (κ2) is 14.0. The van der Waals surface area contributed by atoms with Crippen molar-refractivity contribution >= 4 is 11.8 Å². The Balaban J connectivity index is 1.80. The minimum atomic E-state index is -0.171. The van der Waals surface area contributed by atoms with Gasteiger partial charge in [-0.25, -0.2) is 4.98 Å². The summed E-state index contributed by atoms with van der Waals surface area (Å²) in [5, 5.41) is 2.96. The minimum absolute atomic E-state index is 0.00776. The Kier molecular flexibility index (Phi) is 11.2. The van der Waals surface area contributed by atoms with Crippen LogP contribution in [0, 0.1) is 0 Å². The number of rotatable bonds is 13. The highest BCUT2D eigenvalue weighted by Crippen LogP contribution is 2.05. The molecule has 2 rings (SSSR count). The van der Waals surface area contributed by atoms with Crippen LogP contribution in [0.4, 0.5) is 0 Å². The number of hydrogen-bond donors (Lipinski definition) is 1. The fourth-order valence-corrected chi connectivity index (χ4v) is 3.30. The molecule has 1 fully saturated rings. The lowest BCUT2D eigenvalue weighted by atomic mass is 10.2. The lowest BCUT2D eigenvalue weighted by Crippen LogP contribution is -2.40. The monoisotopic (exact) mass is 405 g/mol. The van der Waals surface area contributed by atoms with Gasteiger partial charge in [-0.1, -0.05) is 26.2 Å². The van der Waals surface area contributed by atoms with Gasteiger partial charge in [-0.05, 0) is 12.8 Å². The molecule has 0 atom stereocenters. The quantitative estimate of drug-likeness (QED) is 0.503. The first-order chi connectivity index (χ1) is 14.2. The molecule has 29 heavy (non-hydrogen) atoms. The molecule has 1 aromatic heterocycles. The lowest BCUT2D eigenvalue weighted by molar-refractivity contribution is -0.121. The summed E-state index contributed by atoms with van der Waals surface area (Å²) in [5.74, 6) is -0.178. The summed E-state index contributed by atoms with van der Waals surface area (Å²) in [5.41, 5.74) is 0.318. The lowest BCUT2D eigenvalue weighted by Gasteiger charge is -2.28. The van der Waals surface area contributed by atoms with E-state index in [1.54, 1.807) is 11.1 Å². The van der Waals surface area contributed by atoms with Gasteiger partial charge in [-0.3, -0.25) is 19.5 Å². The first-order valence-electron chi connectivity index (χ1n) is 10.8. The van der Waals surface area contributed by atoms with Gasteiger partial charge in [-0.2, -0.15) is 0 Å². The van der Waals surface area contributed by atoms with E-state index in [-0.39, 0.29) is 11.8 Å². The number of hydrogen-bond acceptors (Lipinski definition) is 6. The topological polar surface area (TPSA) is 87.7 Å². The third-order valence-corrected chi connectivity index (χ3v) is 5.04. The summed E-state index contributed by atoms with van der Waals surface area (Å²) >= 11 is 0. The molecule has 8 nitrogen and oxygen atoms in total. The second-order valence-corrected chi connectivity index (χ2v) is 7.35. The molecule has 2 amide bonds. The Labute approximate surface area is 174 Å². The number of morpholine rings is 1. The summed E-state index contributed by atoms with van der Waals surface area (Å²) in [7, 11) is 0. The van der Waals surface area contributed by atoms with Crippen molar-refractivity contribution in [1.82, 2.24) is 25.1 Å². The van der Waals surface area contributed by atoms with E-state index >= 15 is 0 Å². The van der Waals surface area contributed by atoms with Gasteiger partial charge in [0.05, 0.1) is 19.4 Å². The van der Waals surface area contributed by atoms with Gasteiger partial charge in [0, 0.05) is 58.1 Å². The van der Waals surface area contributed by atoms with Crippen molar-refractivity contribution in [3.63, 3.8) is 0 Å². The fraction of sp³-hybridized carbons (Fsp3) is 0.714. The summed E-state index contributed by atoms with van der Waals surface area (Å²) < 4.78 is 5.38. The maximum Gasteiger partial charge on any atom is 0.274 e. The number of carbonyl (C=O) groups is 2. The summed E-state index contributed by atoms with van der Waals surface area (Å²) in [6.07, 6.45) is 10.2. The van der Waals surface area contributed by atoms with Crippen LogP contribution in [0.1, 0.15) is 55.9 Å². The van der Waals surface area contributed by atoms with Crippen LogP contribution in [0.15, 0.2) is 18.6 Å². The predicted molar refractivity (Wildman–Crippen MR) is 112 cm³/mol. The van der Waals surface area contributed by atoms with Gasteiger partial charge < -0.3 is 15.0 Å². The number of ether oxygens (including phenoxy) is 1. The van der Waals surface area contributed by atoms with Crippen molar-refractivity contribution in [2.24, 2.45) is 0 Å². The van der Waals surface area contributed by atoms with Crippen LogP contribution in [-0.4, -0.2) is 84.1 Å². The molecule has 0 bridgehead atoms. The molecule has 1 saturated heterocycles. The van der Waals surface area contributed by atoms with Crippen LogP contribution in [0.3, 0.4) is 0 Å². The van der Waals surface area contributed by atoms with Gasteiger partial charge in [-0.15, -0.1) is 0 Å². The van der Waals surface area contributed by atoms with Crippen molar-refractivity contribution in [3.05, 3.63) is 24.3 Å². The van der Waals surface area contributed by atoms with Crippen LogP contribution >= 0.6 is 0 Å². The number of aromatic nitrogens is 2. The highest BCUT2D eigenvalue weighted by atomic mass is 16.5. The first kappa shape index (κ1) is 23.2. The molecule has 0 spiro atoms. The zero-order valence-corrected chi connectivity index (χ0v) is 17.6.